The quantitative estimate of drug-likeness (QED) is 0.722. The molecule has 0 radical (unpaired) electrons. The first-order valence-electron chi connectivity index (χ1n) is 8.07. The van der Waals surface area contributed by atoms with Gasteiger partial charge in [0.15, 0.2) is 9.84 Å². The first kappa shape index (κ1) is 18.0. The van der Waals surface area contributed by atoms with Gasteiger partial charge in [0.05, 0.1) is 22.0 Å². The maximum atomic E-state index is 11.7. The Balaban J connectivity index is 2.07. The lowest BCUT2D eigenvalue weighted by Crippen LogP contribution is -2.01. The van der Waals surface area contributed by atoms with Gasteiger partial charge in [-0.2, -0.15) is 5.10 Å². The molecule has 134 valence electrons. The number of nitrogens with zero attached hydrogens (tertiary/aromatic N) is 3. The van der Waals surface area contributed by atoms with E-state index in [0.717, 1.165) is 22.6 Å². The lowest BCUT2D eigenvalue weighted by atomic mass is 10.2. The number of aliphatic hydroxyl groups is 1. The van der Waals surface area contributed by atoms with Crippen molar-refractivity contribution < 1.29 is 13.5 Å². The van der Waals surface area contributed by atoms with Crippen molar-refractivity contribution in [2.24, 2.45) is 0 Å². The maximum absolute atomic E-state index is 11.7. The molecule has 6 nitrogen and oxygen atoms in total. The van der Waals surface area contributed by atoms with Crippen LogP contribution in [0, 0.1) is 0 Å². The molecule has 2 heterocycles. The van der Waals surface area contributed by atoms with Gasteiger partial charge < -0.3 is 5.11 Å². The molecule has 0 fully saturated rings. The third-order valence-corrected chi connectivity index (χ3v) is 4.91. The van der Waals surface area contributed by atoms with E-state index < -0.39 is 9.84 Å². The van der Waals surface area contributed by atoms with Crippen LogP contribution in [0.5, 0.6) is 0 Å². The molecule has 7 heteroatoms. The highest BCUT2D eigenvalue weighted by Gasteiger charge is 2.12. The van der Waals surface area contributed by atoms with Crippen LogP contribution in [0.25, 0.3) is 23.0 Å². The predicted molar refractivity (Wildman–Crippen MR) is 101 cm³/mol. The molecule has 0 saturated carbocycles. The van der Waals surface area contributed by atoms with Crippen molar-refractivity contribution >= 4 is 15.9 Å². The molecule has 0 atom stereocenters. The van der Waals surface area contributed by atoms with Gasteiger partial charge in [0.25, 0.3) is 0 Å². The SMILES string of the molecule is CS(=O)(=O)c1ccc(-n2nc(/C=C\CCO)cc2-c2cccnc2)cc1. The molecular formula is C19H19N3O3S. The summed E-state index contributed by atoms with van der Waals surface area (Å²) in [5.74, 6) is 0. The fourth-order valence-electron chi connectivity index (χ4n) is 2.51. The molecule has 0 aliphatic heterocycles. The van der Waals surface area contributed by atoms with Crippen LogP contribution in [0.3, 0.4) is 0 Å². The van der Waals surface area contributed by atoms with Crippen LogP contribution >= 0.6 is 0 Å². The fraction of sp³-hybridized carbons (Fsp3) is 0.158. The second-order valence-electron chi connectivity index (χ2n) is 5.79. The molecule has 0 amide bonds. The van der Waals surface area contributed by atoms with Gasteiger partial charge in [-0.15, -0.1) is 0 Å². The summed E-state index contributed by atoms with van der Waals surface area (Å²) in [7, 11) is -3.25. The predicted octanol–water partition coefficient (Wildman–Crippen LogP) is 2.73. The van der Waals surface area contributed by atoms with E-state index in [1.165, 1.54) is 6.26 Å². The standard InChI is InChI=1S/C19H19N3O3S/c1-26(24,25)18-9-7-17(8-10-18)22-19(15-5-4-11-20-14-15)13-16(21-22)6-2-3-12-23/h2,4-11,13-14,23H,3,12H2,1H3/b6-2-. The topological polar surface area (TPSA) is 85.1 Å². The maximum Gasteiger partial charge on any atom is 0.175 e. The number of rotatable bonds is 6. The second-order valence-corrected chi connectivity index (χ2v) is 7.80. The zero-order valence-corrected chi connectivity index (χ0v) is 15.1. The van der Waals surface area contributed by atoms with E-state index in [1.807, 2.05) is 30.4 Å². The van der Waals surface area contributed by atoms with E-state index in [-0.39, 0.29) is 11.5 Å². The smallest absolute Gasteiger partial charge is 0.175 e. The van der Waals surface area contributed by atoms with Gasteiger partial charge in [0.1, 0.15) is 0 Å². The van der Waals surface area contributed by atoms with Gasteiger partial charge in [-0.25, -0.2) is 13.1 Å². The average molecular weight is 369 g/mol. The van der Waals surface area contributed by atoms with Gasteiger partial charge in [0, 0.05) is 30.8 Å². The molecule has 1 N–H and O–H groups in total. The van der Waals surface area contributed by atoms with Crippen LogP contribution in [0.4, 0.5) is 0 Å². The highest BCUT2D eigenvalue weighted by atomic mass is 32.2. The second kappa shape index (κ2) is 7.63. The minimum atomic E-state index is -3.25. The van der Waals surface area contributed by atoms with E-state index >= 15 is 0 Å². The summed E-state index contributed by atoms with van der Waals surface area (Å²) < 4.78 is 25.1. The molecule has 1 aromatic carbocycles. The van der Waals surface area contributed by atoms with Crippen molar-refractivity contribution in [3.63, 3.8) is 0 Å². The normalized spacial score (nSPS) is 11.9. The Morgan fingerprint density at radius 3 is 2.58 bits per heavy atom. The molecule has 0 aliphatic carbocycles. The summed E-state index contributed by atoms with van der Waals surface area (Å²) in [6.07, 6.45) is 8.88. The van der Waals surface area contributed by atoms with Crippen molar-refractivity contribution in [1.29, 1.82) is 0 Å². The van der Waals surface area contributed by atoms with Gasteiger partial charge in [-0.05, 0) is 55.0 Å². The summed E-state index contributed by atoms with van der Waals surface area (Å²) in [4.78, 5) is 4.42. The zero-order chi connectivity index (χ0) is 18.6. The zero-order valence-electron chi connectivity index (χ0n) is 14.3. The van der Waals surface area contributed by atoms with Crippen molar-refractivity contribution in [3.05, 3.63) is 66.6 Å². The molecular weight excluding hydrogens is 350 g/mol. The van der Waals surface area contributed by atoms with Crippen molar-refractivity contribution in [3.8, 4) is 16.9 Å². The summed E-state index contributed by atoms with van der Waals surface area (Å²) >= 11 is 0. The van der Waals surface area contributed by atoms with E-state index in [9.17, 15) is 8.42 Å². The van der Waals surface area contributed by atoms with E-state index in [4.69, 9.17) is 5.11 Å². The lowest BCUT2D eigenvalue weighted by molar-refractivity contribution is 0.303. The van der Waals surface area contributed by atoms with Crippen LogP contribution in [-0.2, 0) is 9.84 Å². The molecule has 0 aliphatic rings. The Kier molecular flexibility index (Phi) is 5.29. The molecule has 0 unspecified atom stereocenters. The highest BCUT2D eigenvalue weighted by molar-refractivity contribution is 7.90. The Bertz CT molecular complexity index is 1010. The summed E-state index contributed by atoms with van der Waals surface area (Å²) in [5.41, 5.74) is 3.23. The molecule has 2 aromatic heterocycles. The Hall–Kier alpha value is -2.77. The van der Waals surface area contributed by atoms with E-state index in [0.29, 0.717) is 6.42 Å². The number of hydrogen-bond donors (Lipinski definition) is 1. The first-order valence-corrected chi connectivity index (χ1v) is 9.96. The third kappa shape index (κ3) is 4.07. The highest BCUT2D eigenvalue weighted by Crippen LogP contribution is 2.24. The summed E-state index contributed by atoms with van der Waals surface area (Å²) in [6.45, 7) is 0.0830. The lowest BCUT2D eigenvalue weighted by Gasteiger charge is -2.08. The number of aliphatic hydroxyl groups excluding tert-OH is 1. The number of hydrogen-bond acceptors (Lipinski definition) is 5. The van der Waals surface area contributed by atoms with Crippen LogP contribution in [0.2, 0.25) is 0 Å². The van der Waals surface area contributed by atoms with Gasteiger partial charge >= 0.3 is 0 Å². The van der Waals surface area contributed by atoms with Crippen LogP contribution in [0.1, 0.15) is 12.1 Å². The Morgan fingerprint density at radius 2 is 1.96 bits per heavy atom. The monoisotopic (exact) mass is 369 g/mol. The minimum absolute atomic E-state index is 0.0830. The largest absolute Gasteiger partial charge is 0.396 e. The van der Waals surface area contributed by atoms with Crippen LogP contribution in [0.15, 0.2) is 65.8 Å². The number of aromatic nitrogens is 3. The van der Waals surface area contributed by atoms with Gasteiger partial charge in [0.2, 0.25) is 0 Å². The molecule has 3 aromatic rings. The van der Waals surface area contributed by atoms with Crippen molar-refractivity contribution in [1.82, 2.24) is 14.8 Å². The molecule has 0 saturated heterocycles. The Morgan fingerprint density at radius 1 is 1.19 bits per heavy atom. The fourth-order valence-corrected chi connectivity index (χ4v) is 3.14. The van der Waals surface area contributed by atoms with Crippen molar-refractivity contribution in [2.75, 3.05) is 12.9 Å². The molecule has 26 heavy (non-hydrogen) atoms. The van der Waals surface area contributed by atoms with E-state index in [2.05, 4.69) is 10.1 Å². The van der Waals surface area contributed by atoms with Crippen LogP contribution < -0.4 is 0 Å². The van der Waals surface area contributed by atoms with Gasteiger partial charge in [-0.3, -0.25) is 4.98 Å². The first-order chi connectivity index (χ1) is 12.5. The number of pyridine rings is 1. The number of sulfone groups is 1. The Labute approximate surface area is 152 Å². The van der Waals surface area contributed by atoms with E-state index in [1.54, 1.807) is 41.3 Å². The molecule has 3 rings (SSSR count). The molecule has 0 bridgehead atoms. The average Bonchev–Trinajstić information content (AvgIpc) is 3.06. The van der Waals surface area contributed by atoms with Crippen LogP contribution in [-0.4, -0.2) is 41.2 Å². The summed E-state index contributed by atoms with van der Waals surface area (Å²) in [5, 5.41) is 13.5. The van der Waals surface area contributed by atoms with Gasteiger partial charge in [-0.1, -0.05) is 6.08 Å². The van der Waals surface area contributed by atoms with Crippen molar-refractivity contribution in [2.45, 2.75) is 11.3 Å². The minimum Gasteiger partial charge on any atom is -0.396 e. The number of benzene rings is 1. The molecule has 0 spiro atoms. The summed E-state index contributed by atoms with van der Waals surface area (Å²) in [6, 6.07) is 12.3. The third-order valence-electron chi connectivity index (χ3n) is 3.78.